The Labute approximate surface area is 119 Å². The predicted octanol–water partition coefficient (Wildman–Crippen LogP) is 2.88. The summed E-state index contributed by atoms with van der Waals surface area (Å²) in [4.78, 5) is 13.8. The van der Waals surface area contributed by atoms with Gasteiger partial charge in [0.25, 0.3) is 5.91 Å². The molecule has 0 aromatic heterocycles. The van der Waals surface area contributed by atoms with Gasteiger partial charge in [0.05, 0.1) is 23.2 Å². The number of anilines is 1. The molecule has 1 aromatic carbocycles. The average Bonchev–Trinajstić information content (AvgIpc) is 2.44. The molecule has 0 heterocycles. The molecule has 0 radical (unpaired) electrons. The molecule has 1 aromatic rings. The number of nitrogens with one attached hydrogen (secondary N) is 1. The number of carbonyl (C=O) groups is 1. The zero-order valence-corrected chi connectivity index (χ0v) is 12.1. The van der Waals surface area contributed by atoms with Crippen LogP contribution in [0.1, 0.15) is 30.6 Å². The maximum Gasteiger partial charge on any atom is 0.255 e. The lowest BCUT2D eigenvalue weighted by molar-refractivity contribution is 0.0785. The van der Waals surface area contributed by atoms with Gasteiger partial charge < -0.3 is 10.2 Å². The highest BCUT2D eigenvalue weighted by atomic mass is 19.1. The van der Waals surface area contributed by atoms with E-state index in [0.29, 0.717) is 18.7 Å². The SMILES string of the molecule is CCCNc1c(F)cccc1C(=O)N(C)CC(C)C#N. The highest BCUT2D eigenvalue weighted by Gasteiger charge is 2.19. The number of amides is 1. The molecular weight excluding hydrogens is 257 g/mol. The topological polar surface area (TPSA) is 56.1 Å². The third-order valence-electron chi connectivity index (χ3n) is 2.91. The van der Waals surface area contributed by atoms with E-state index in [-0.39, 0.29) is 17.5 Å². The Morgan fingerprint density at radius 3 is 2.85 bits per heavy atom. The lowest BCUT2D eigenvalue weighted by Gasteiger charge is -2.20. The van der Waals surface area contributed by atoms with Gasteiger partial charge in [-0.05, 0) is 25.5 Å². The quantitative estimate of drug-likeness (QED) is 0.870. The van der Waals surface area contributed by atoms with Crippen molar-refractivity contribution in [2.75, 3.05) is 25.5 Å². The number of benzene rings is 1. The van der Waals surface area contributed by atoms with Crippen LogP contribution in [0.5, 0.6) is 0 Å². The van der Waals surface area contributed by atoms with Crippen molar-refractivity contribution in [2.45, 2.75) is 20.3 Å². The van der Waals surface area contributed by atoms with Crippen molar-refractivity contribution < 1.29 is 9.18 Å². The lowest BCUT2D eigenvalue weighted by atomic mass is 10.1. The number of nitriles is 1. The molecule has 4 nitrogen and oxygen atoms in total. The summed E-state index contributed by atoms with van der Waals surface area (Å²) in [5.74, 6) is -0.985. The maximum atomic E-state index is 13.8. The number of hydrogen-bond acceptors (Lipinski definition) is 3. The minimum Gasteiger partial charge on any atom is -0.382 e. The largest absolute Gasteiger partial charge is 0.382 e. The third-order valence-corrected chi connectivity index (χ3v) is 2.91. The molecule has 0 aliphatic heterocycles. The molecule has 0 saturated heterocycles. The standard InChI is InChI=1S/C15H20FN3O/c1-4-8-18-14-12(6-5-7-13(14)16)15(20)19(3)10-11(2)9-17/h5-7,11,18H,4,8,10H2,1-3H3. The molecule has 1 rings (SSSR count). The fourth-order valence-corrected chi connectivity index (χ4v) is 1.87. The molecule has 1 amide bonds. The molecule has 0 aliphatic rings. The Bertz CT molecular complexity index is 510. The van der Waals surface area contributed by atoms with Crippen LogP contribution in [0.3, 0.4) is 0 Å². The van der Waals surface area contributed by atoms with E-state index in [1.165, 1.54) is 17.0 Å². The summed E-state index contributed by atoms with van der Waals surface area (Å²) in [6, 6.07) is 6.51. The van der Waals surface area contributed by atoms with Gasteiger partial charge in [0.1, 0.15) is 5.82 Å². The number of hydrogen-bond donors (Lipinski definition) is 1. The number of halogens is 1. The van der Waals surface area contributed by atoms with Gasteiger partial charge in [0, 0.05) is 20.1 Å². The summed E-state index contributed by atoms with van der Waals surface area (Å²) in [6.45, 7) is 4.63. The number of rotatable bonds is 6. The van der Waals surface area contributed by atoms with Crippen LogP contribution in [-0.2, 0) is 0 Å². The number of carbonyl (C=O) groups excluding carboxylic acids is 1. The monoisotopic (exact) mass is 277 g/mol. The summed E-state index contributed by atoms with van der Waals surface area (Å²) >= 11 is 0. The van der Waals surface area contributed by atoms with E-state index in [1.54, 1.807) is 20.0 Å². The van der Waals surface area contributed by atoms with Crippen LogP contribution in [0.4, 0.5) is 10.1 Å². The van der Waals surface area contributed by atoms with Gasteiger partial charge in [0.15, 0.2) is 0 Å². The Balaban J connectivity index is 2.97. The van der Waals surface area contributed by atoms with E-state index in [0.717, 1.165) is 6.42 Å². The van der Waals surface area contributed by atoms with Crippen molar-refractivity contribution in [1.82, 2.24) is 4.90 Å². The second-order valence-electron chi connectivity index (χ2n) is 4.80. The van der Waals surface area contributed by atoms with E-state index >= 15 is 0 Å². The van der Waals surface area contributed by atoms with Crippen LogP contribution in [0, 0.1) is 23.1 Å². The smallest absolute Gasteiger partial charge is 0.255 e. The fraction of sp³-hybridized carbons (Fsp3) is 0.467. The van der Waals surface area contributed by atoms with Crippen molar-refractivity contribution in [2.24, 2.45) is 5.92 Å². The maximum absolute atomic E-state index is 13.8. The first-order chi connectivity index (χ1) is 9.51. The Kier molecular flexibility index (Phi) is 5.98. The summed E-state index contributed by atoms with van der Waals surface area (Å²) in [6.07, 6.45) is 0.837. The highest BCUT2D eigenvalue weighted by Crippen LogP contribution is 2.21. The van der Waals surface area contributed by atoms with Gasteiger partial charge in [-0.2, -0.15) is 5.26 Å². The molecule has 0 spiro atoms. The van der Waals surface area contributed by atoms with E-state index < -0.39 is 5.82 Å². The zero-order valence-electron chi connectivity index (χ0n) is 12.1. The summed E-state index contributed by atoms with van der Waals surface area (Å²) < 4.78 is 13.8. The molecule has 0 bridgehead atoms. The van der Waals surface area contributed by atoms with Crippen molar-refractivity contribution in [3.8, 4) is 6.07 Å². The molecule has 1 unspecified atom stereocenters. The Morgan fingerprint density at radius 2 is 2.25 bits per heavy atom. The second-order valence-corrected chi connectivity index (χ2v) is 4.80. The Hall–Kier alpha value is -2.09. The van der Waals surface area contributed by atoms with Gasteiger partial charge >= 0.3 is 0 Å². The molecule has 0 aliphatic carbocycles. The van der Waals surface area contributed by atoms with E-state index in [9.17, 15) is 9.18 Å². The Morgan fingerprint density at radius 1 is 1.55 bits per heavy atom. The molecule has 1 atom stereocenters. The van der Waals surface area contributed by atoms with Crippen LogP contribution in [0.2, 0.25) is 0 Å². The van der Waals surface area contributed by atoms with Gasteiger partial charge in [0.2, 0.25) is 0 Å². The van der Waals surface area contributed by atoms with Crippen molar-refractivity contribution in [3.63, 3.8) is 0 Å². The van der Waals surface area contributed by atoms with E-state index in [4.69, 9.17) is 5.26 Å². The summed E-state index contributed by atoms with van der Waals surface area (Å²) in [5.41, 5.74) is 0.530. The molecule has 1 N–H and O–H groups in total. The third kappa shape index (κ3) is 3.95. The van der Waals surface area contributed by atoms with E-state index in [2.05, 4.69) is 11.4 Å². The van der Waals surface area contributed by atoms with Crippen molar-refractivity contribution >= 4 is 11.6 Å². The van der Waals surface area contributed by atoms with Crippen molar-refractivity contribution in [1.29, 1.82) is 5.26 Å². The average molecular weight is 277 g/mol. The van der Waals surface area contributed by atoms with Gasteiger partial charge in [-0.15, -0.1) is 0 Å². The predicted molar refractivity (Wildman–Crippen MR) is 76.9 cm³/mol. The van der Waals surface area contributed by atoms with E-state index in [1.807, 2.05) is 6.92 Å². The molecule has 0 fully saturated rings. The van der Waals surface area contributed by atoms with Crippen LogP contribution in [0.15, 0.2) is 18.2 Å². The molecule has 20 heavy (non-hydrogen) atoms. The zero-order chi connectivity index (χ0) is 15.1. The van der Waals surface area contributed by atoms with Gasteiger partial charge in [-0.25, -0.2) is 4.39 Å². The first-order valence-electron chi connectivity index (χ1n) is 6.68. The second kappa shape index (κ2) is 7.49. The lowest BCUT2D eigenvalue weighted by Crippen LogP contribution is -2.31. The van der Waals surface area contributed by atoms with Gasteiger partial charge in [-0.1, -0.05) is 13.0 Å². The molecule has 5 heteroatoms. The molecule has 0 saturated carbocycles. The van der Waals surface area contributed by atoms with Crippen LogP contribution < -0.4 is 5.32 Å². The van der Waals surface area contributed by atoms with Crippen LogP contribution >= 0.6 is 0 Å². The first kappa shape index (κ1) is 16.0. The summed E-state index contributed by atoms with van der Waals surface area (Å²) in [5, 5.41) is 11.7. The summed E-state index contributed by atoms with van der Waals surface area (Å²) in [7, 11) is 1.62. The highest BCUT2D eigenvalue weighted by molar-refractivity contribution is 5.99. The molecular formula is C15H20FN3O. The molecule has 108 valence electrons. The number of nitrogens with zero attached hydrogens (tertiary/aromatic N) is 2. The number of para-hydroxylation sites is 1. The van der Waals surface area contributed by atoms with Crippen LogP contribution in [0.25, 0.3) is 0 Å². The normalized spacial score (nSPS) is 11.6. The van der Waals surface area contributed by atoms with Gasteiger partial charge in [-0.3, -0.25) is 4.79 Å². The van der Waals surface area contributed by atoms with Crippen molar-refractivity contribution in [3.05, 3.63) is 29.6 Å². The van der Waals surface area contributed by atoms with Crippen LogP contribution in [-0.4, -0.2) is 30.9 Å². The minimum atomic E-state index is -0.439. The fourth-order valence-electron chi connectivity index (χ4n) is 1.87. The first-order valence-corrected chi connectivity index (χ1v) is 6.68. The minimum absolute atomic E-state index is 0.232.